The Balaban J connectivity index is 0.00000126. The average molecular weight is 443 g/mol. The van der Waals surface area contributed by atoms with Gasteiger partial charge in [-0.3, -0.25) is 4.79 Å². The van der Waals surface area contributed by atoms with Crippen LogP contribution in [0.1, 0.15) is 46.6 Å². The number of nitrogens with two attached hydrogens (primary N) is 1. The summed E-state index contributed by atoms with van der Waals surface area (Å²) >= 11 is 0. The van der Waals surface area contributed by atoms with Crippen molar-refractivity contribution in [2.75, 3.05) is 10.6 Å². The number of carbonyl (C=O) groups excluding carboxylic acids is 1. The minimum Gasteiger partial charge on any atom is -0.383 e. The van der Waals surface area contributed by atoms with Crippen molar-refractivity contribution in [1.82, 2.24) is 19.7 Å². The lowest BCUT2D eigenvalue weighted by Gasteiger charge is -2.38. The monoisotopic (exact) mass is 442 g/mol. The zero-order chi connectivity index (χ0) is 23.7. The van der Waals surface area contributed by atoms with Crippen molar-refractivity contribution < 1.29 is 4.79 Å². The van der Waals surface area contributed by atoms with Crippen molar-refractivity contribution in [3.63, 3.8) is 0 Å². The number of aromatic nitrogens is 4. The molecule has 1 aliphatic rings. The number of rotatable bonds is 3. The van der Waals surface area contributed by atoms with Gasteiger partial charge in [0, 0.05) is 11.3 Å². The summed E-state index contributed by atoms with van der Waals surface area (Å²) in [4.78, 5) is 24.2. The first-order valence-electron chi connectivity index (χ1n) is 11.4. The molecule has 0 saturated heterocycles. The molecule has 2 aromatic carbocycles. The average Bonchev–Trinajstić information content (AvgIpc) is 3.12. The third-order valence-corrected chi connectivity index (χ3v) is 6.10. The van der Waals surface area contributed by atoms with Gasteiger partial charge in [-0.05, 0) is 49.9 Å². The largest absolute Gasteiger partial charge is 0.383 e. The predicted octanol–water partition coefficient (Wildman–Crippen LogP) is 4.63. The fraction of sp³-hybridized carbons (Fsp3) is 0.308. The van der Waals surface area contributed by atoms with Crippen molar-refractivity contribution in [2.24, 2.45) is 0 Å². The molecule has 0 fully saturated rings. The first-order valence-corrected chi connectivity index (χ1v) is 11.4. The van der Waals surface area contributed by atoms with Crippen LogP contribution in [0.5, 0.6) is 0 Å². The van der Waals surface area contributed by atoms with Gasteiger partial charge >= 0.3 is 0 Å². The summed E-state index contributed by atoms with van der Waals surface area (Å²) in [6, 6.07) is 14.0. The molecule has 2 aromatic heterocycles. The molecule has 0 radical (unpaired) electrons. The molecule has 170 valence electrons. The summed E-state index contributed by atoms with van der Waals surface area (Å²) in [5.74, 6) is 0.450. The summed E-state index contributed by atoms with van der Waals surface area (Å²) in [5, 5.41) is 5.46. The van der Waals surface area contributed by atoms with E-state index in [1.54, 1.807) is 0 Å². The topological polar surface area (TPSA) is 89.9 Å². The van der Waals surface area contributed by atoms with E-state index in [-0.39, 0.29) is 11.9 Å². The van der Waals surface area contributed by atoms with Gasteiger partial charge in [0.05, 0.1) is 23.7 Å². The molecule has 0 saturated carbocycles. The van der Waals surface area contributed by atoms with Crippen LogP contribution < -0.4 is 10.6 Å². The highest BCUT2D eigenvalue weighted by molar-refractivity contribution is 6.10. The van der Waals surface area contributed by atoms with Gasteiger partial charge in [0.25, 0.3) is 5.91 Å². The fourth-order valence-electron chi connectivity index (χ4n) is 4.66. The molecule has 0 spiro atoms. The van der Waals surface area contributed by atoms with E-state index < -0.39 is 0 Å². The van der Waals surface area contributed by atoms with Gasteiger partial charge in [-0.2, -0.15) is 5.10 Å². The van der Waals surface area contributed by atoms with Crippen LogP contribution in [0.3, 0.4) is 0 Å². The second kappa shape index (κ2) is 9.02. The third kappa shape index (κ3) is 3.84. The molecule has 4 aromatic rings. The number of para-hydroxylation sites is 1. The minimum atomic E-state index is -0.110. The van der Waals surface area contributed by atoms with E-state index in [1.807, 2.05) is 80.6 Å². The van der Waals surface area contributed by atoms with Gasteiger partial charge in [-0.1, -0.05) is 50.2 Å². The van der Waals surface area contributed by atoms with Crippen LogP contribution in [-0.2, 0) is 13.0 Å². The number of aryl methyl sites for hydroxylation is 3. The van der Waals surface area contributed by atoms with E-state index in [2.05, 4.69) is 21.1 Å². The van der Waals surface area contributed by atoms with E-state index >= 15 is 0 Å². The summed E-state index contributed by atoms with van der Waals surface area (Å²) in [6.45, 7) is 10.4. The SMILES string of the molecule is CC.Cc1ccccc1N1C(=O)c2c(C)cccc2CC1Cn1nc(C)c2c(N)ncnc21. The van der Waals surface area contributed by atoms with E-state index in [1.165, 1.54) is 6.33 Å². The summed E-state index contributed by atoms with van der Waals surface area (Å²) < 4.78 is 1.85. The Morgan fingerprint density at radius 2 is 1.73 bits per heavy atom. The number of hydrogen-bond donors (Lipinski definition) is 1. The fourth-order valence-corrected chi connectivity index (χ4v) is 4.66. The Hall–Kier alpha value is -3.74. The van der Waals surface area contributed by atoms with E-state index in [0.29, 0.717) is 18.0 Å². The Labute approximate surface area is 194 Å². The van der Waals surface area contributed by atoms with Crippen LogP contribution in [0.2, 0.25) is 0 Å². The van der Waals surface area contributed by atoms with E-state index in [0.717, 1.165) is 45.4 Å². The molecule has 7 heteroatoms. The molecule has 1 amide bonds. The predicted molar refractivity (Wildman–Crippen MR) is 132 cm³/mol. The maximum atomic E-state index is 13.8. The first kappa shape index (κ1) is 22.5. The van der Waals surface area contributed by atoms with Crippen molar-refractivity contribution in [2.45, 2.75) is 53.6 Å². The lowest BCUT2D eigenvalue weighted by molar-refractivity contribution is 0.0963. The minimum absolute atomic E-state index is 0.0287. The van der Waals surface area contributed by atoms with Gasteiger partial charge < -0.3 is 10.6 Å². The van der Waals surface area contributed by atoms with Crippen molar-refractivity contribution >= 4 is 28.4 Å². The summed E-state index contributed by atoms with van der Waals surface area (Å²) in [6.07, 6.45) is 2.19. The third-order valence-electron chi connectivity index (χ3n) is 6.10. The number of nitrogens with zero attached hydrogens (tertiary/aromatic N) is 5. The molecular weight excluding hydrogens is 412 g/mol. The second-order valence-corrected chi connectivity index (χ2v) is 8.15. The Morgan fingerprint density at radius 3 is 2.48 bits per heavy atom. The smallest absolute Gasteiger partial charge is 0.259 e. The Morgan fingerprint density at radius 1 is 1.00 bits per heavy atom. The highest BCUT2D eigenvalue weighted by Crippen LogP contribution is 2.33. The second-order valence-electron chi connectivity index (χ2n) is 8.15. The van der Waals surface area contributed by atoms with Crippen molar-refractivity contribution in [1.29, 1.82) is 0 Å². The highest BCUT2D eigenvalue weighted by atomic mass is 16.2. The number of amides is 1. The molecular formula is C26H30N6O. The highest BCUT2D eigenvalue weighted by Gasteiger charge is 2.35. The Kier molecular flexibility index (Phi) is 6.14. The number of nitrogen functional groups attached to an aromatic ring is 1. The Bertz CT molecular complexity index is 1330. The van der Waals surface area contributed by atoms with Crippen LogP contribution in [0, 0.1) is 20.8 Å². The summed E-state index contributed by atoms with van der Waals surface area (Å²) in [7, 11) is 0. The molecule has 2 N–H and O–H groups in total. The number of hydrogen-bond acceptors (Lipinski definition) is 5. The number of benzene rings is 2. The standard InChI is InChI=1S/C24H24N6O.C2H6/c1-14-7-4-5-10-19(14)30-18(11-17-9-6-8-15(2)20(17)24(30)31)12-29-23-21(16(3)28-29)22(25)26-13-27-23;1-2/h4-10,13,18H,11-12H2,1-3H3,(H2,25,26,27);1-2H3. The van der Waals surface area contributed by atoms with Crippen LogP contribution in [-0.4, -0.2) is 31.7 Å². The molecule has 5 rings (SSSR count). The molecule has 1 aliphatic heterocycles. The van der Waals surface area contributed by atoms with Crippen molar-refractivity contribution in [3.8, 4) is 0 Å². The molecule has 1 unspecified atom stereocenters. The molecule has 7 nitrogen and oxygen atoms in total. The van der Waals surface area contributed by atoms with Crippen LogP contribution in [0.4, 0.5) is 11.5 Å². The zero-order valence-electron chi connectivity index (χ0n) is 19.8. The molecule has 0 aliphatic carbocycles. The van der Waals surface area contributed by atoms with Gasteiger partial charge in [0.2, 0.25) is 0 Å². The van der Waals surface area contributed by atoms with Crippen LogP contribution in [0.25, 0.3) is 11.0 Å². The lowest BCUT2D eigenvalue weighted by atomic mass is 9.89. The maximum absolute atomic E-state index is 13.8. The number of fused-ring (bicyclic) bond motifs is 2. The molecule has 3 heterocycles. The quantitative estimate of drug-likeness (QED) is 0.499. The molecule has 33 heavy (non-hydrogen) atoms. The maximum Gasteiger partial charge on any atom is 0.259 e. The molecule has 1 atom stereocenters. The van der Waals surface area contributed by atoms with E-state index in [9.17, 15) is 4.79 Å². The number of carbonyl (C=O) groups is 1. The van der Waals surface area contributed by atoms with Crippen LogP contribution >= 0.6 is 0 Å². The zero-order valence-corrected chi connectivity index (χ0v) is 19.8. The van der Waals surface area contributed by atoms with Crippen LogP contribution in [0.15, 0.2) is 48.8 Å². The summed E-state index contributed by atoms with van der Waals surface area (Å²) in [5.41, 5.74) is 12.4. The van der Waals surface area contributed by atoms with E-state index in [4.69, 9.17) is 5.73 Å². The number of anilines is 2. The normalized spacial score (nSPS) is 15.2. The van der Waals surface area contributed by atoms with Gasteiger partial charge in [-0.15, -0.1) is 0 Å². The van der Waals surface area contributed by atoms with Gasteiger partial charge in [0.15, 0.2) is 5.65 Å². The van der Waals surface area contributed by atoms with Gasteiger partial charge in [0.1, 0.15) is 12.1 Å². The van der Waals surface area contributed by atoms with Gasteiger partial charge in [-0.25, -0.2) is 14.6 Å². The molecule has 0 bridgehead atoms. The first-order chi connectivity index (χ1) is 16.0. The lowest BCUT2D eigenvalue weighted by Crippen LogP contribution is -2.48. The van der Waals surface area contributed by atoms with Crippen molar-refractivity contribution in [3.05, 3.63) is 76.7 Å².